The van der Waals surface area contributed by atoms with Gasteiger partial charge in [-0.1, -0.05) is 0 Å². The maximum Gasteiger partial charge on any atom is 0.373 e. The molecule has 2 heterocycles. The van der Waals surface area contributed by atoms with Gasteiger partial charge in [0.15, 0.2) is 5.75 Å². The molecule has 1 aromatic heterocycles. The summed E-state index contributed by atoms with van der Waals surface area (Å²) in [6.45, 7) is 1.70. The number of furan rings is 1. The summed E-state index contributed by atoms with van der Waals surface area (Å²) in [5.74, 6) is -1.19. The molecule has 0 spiro atoms. The number of nitro benzene ring substituents is 1. The number of carbonyl (C=O) groups excluding carboxylic acids is 3. The van der Waals surface area contributed by atoms with Gasteiger partial charge in [0.05, 0.1) is 32.3 Å². The zero-order valence-electron chi connectivity index (χ0n) is 17.4. The average molecular weight is 445 g/mol. The number of carbonyl (C=O) groups is 3. The van der Waals surface area contributed by atoms with E-state index in [4.69, 9.17) is 13.9 Å². The van der Waals surface area contributed by atoms with Crippen molar-refractivity contribution in [2.45, 2.75) is 13.5 Å². The number of ether oxygens (including phenoxy) is 3. The Morgan fingerprint density at radius 3 is 2.66 bits per heavy atom. The first-order valence-electron chi connectivity index (χ1n) is 9.29. The first-order chi connectivity index (χ1) is 15.3. The van der Waals surface area contributed by atoms with Crippen LogP contribution in [0.3, 0.4) is 0 Å². The van der Waals surface area contributed by atoms with Crippen LogP contribution in [0.4, 0.5) is 10.5 Å². The summed E-state index contributed by atoms with van der Waals surface area (Å²) in [7, 11) is 2.47. The zero-order valence-corrected chi connectivity index (χ0v) is 17.4. The van der Waals surface area contributed by atoms with Crippen LogP contribution in [-0.2, 0) is 16.1 Å². The van der Waals surface area contributed by atoms with Gasteiger partial charge in [-0.2, -0.15) is 0 Å². The topological polar surface area (TPSA) is 150 Å². The first-order valence-corrected chi connectivity index (χ1v) is 9.29. The number of imide groups is 1. The van der Waals surface area contributed by atoms with Crippen molar-refractivity contribution >= 4 is 29.7 Å². The van der Waals surface area contributed by atoms with Crippen LogP contribution in [0.15, 0.2) is 34.4 Å². The molecule has 1 fully saturated rings. The number of methoxy groups -OCH3 is 2. The third kappa shape index (κ3) is 4.38. The van der Waals surface area contributed by atoms with E-state index in [2.05, 4.69) is 10.1 Å². The molecule has 0 saturated carbocycles. The van der Waals surface area contributed by atoms with Crippen LogP contribution >= 0.6 is 0 Å². The van der Waals surface area contributed by atoms with E-state index in [0.29, 0.717) is 0 Å². The van der Waals surface area contributed by atoms with Gasteiger partial charge in [0.2, 0.25) is 11.5 Å². The lowest BCUT2D eigenvalue weighted by atomic mass is 10.1. The van der Waals surface area contributed by atoms with E-state index in [1.54, 1.807) is 6.92 Å². The molecule has 3 amide bonds. The monoisotopic (exact) mass is 445 g/mol. The van der Waals surface area contributed by atoms with Crippen LogP contribution in [0.25, 0.3) is 6.08 Å². The second-order valence-corrected chi connectivity index (χ2v) is 6.40. The molecule has 0 bridgehead atoms. The van der Waals surface area contributed by atoms with E-state index >= 15 is 0 Å². The molecule has 1 aliphatic heterocycles. The van der Waals surface area contributed by atoms with Crippen LogP contribution in [0.2, 0.25) is 0 Å². The van der Waals surface area contributed by atoms with Crippen LogP contribution in [0, 0.1) is 10.1 Å². The van der Waals surface area contributed by atoms with Gasteiger partial charge in [-0.05, 0) is 36.8 Å². The van der Waals surface area contributed by atoms with Gasteiger partial charge in [-0.15, -0.1) is 0 Å². The van der Waals surface area contributed by atoms with Crippen molar-refractivity contribution < 1.29 is 37.9 Å². The number of hydrogen-bond donors (Lipinski definition) is 1. The predicted octanol–water partition coefficient (Wildman–Crippen LogP) is 2.47. The minimum atomic E-state index is -0.717. The molecule has 0 unspecified atom stereocenters. The summed E-state index contributed by atoms with van der Waals surface area (Å²) in [6, 6.07) is 4.74. The Morgan fingerprint density at radius 2 is 2.03 bits per heavy atom. The van der Waals surface area contributed by atoms with Crippen molar-refractivity contribution in [3.63, 3.8) is 0 Å². The lowest BCUT2D eigenvalue weighted by molar-refractivity contribution is -0.385. The van der Waals surface area contributed by atoms with Gasteiger partial charge >= 0.3 is 17.7 Å². The quantitative estimate of drug-likeness (QED) is 0.212. The predicted molar refractivity (Wildman–Crippen MR) is 108 cm³/mol. The van der Waals surface area contributed by atoms with Crippen molar-refractivity contribution in [2.24, 2.45) is 0 Å². The highest BCUT2D eigenvalue weighted by Gasteiger charge is 2.34. The van der Waals surface area contributed by atoms with Crippen molar-refractivity contribution in [3.8, 4) is 11.5 Å². The van der Waals surface area contributed by atoms with E-state index < -0.39 is 22.8 Å². The normalized spacial score (nSPS) is 14.5. The summed E-state index contributed by atoms with van der Waals surface area (Å²) >= 11 is 0. The number of nitrogens with zero attached hydrogens (tertiary/aromatic N) is 2. The number of amides is 3. The van der Waals surface area contributed by atoms with E-state index in [1.807, 2.05) is 0 Å². The SMILES string of the molecule is CCOc1cc(C=C2NC(=O)N(Cc3ccc(C(=O)OC)o3)C2=O)cc([N+](=O)[O-])c1OC. The summed E-state index contributed by atoms with van der Waals surface area (Å²) in [5.41, 5.74) is -0.209. The first kappa shape index (κ1) is 22.3. The second kappa shape index (κ2) is 9.20. The molecule has 1 N–H and O–H groups in total. The Bertz CT molecular complexity index is 1120. The van der Waals surface area contributed by atoms with E-state index in [-0.39, 0.29) is 53.1 Å². The Hall–Kier alpha value is -4.35. The molecule has 12 nitrogen and oxygen atoms in total. The minimum absolute atomic E-state index is 0.0540. The highest BCUT2D eigenvalue weighted by Crippen LogP contribution is 2.39. The number of esters is 1. The summed E-state index contributed by atoms with van der Waals surface area (Å²) in [6.07, 6.45) is 1.29. The van der Waals surface area contributed by atoms with Crippen molar-refractivity contribution in [2.75, 3.05) is 20.8 Å². The van der Waals surface area contributed by atoms with Crippen molar-refractivity contribution in [3.05, 3.63) is 57.2 Å². The standard InChI is InChI=1S/C20H19N3O9/c1-4-31-16-9-11(8-14(23(27)28)17(16)29-2)7-13-18(24)22(20(26)21-13)10-12-5-6-15(32-12)19(25)30-3/h5-9H,4,10H2,1-3H3,(H,21,26). The second-order valence-electron chi connectivity index (χ2n) is 6.40. The minimum Gasteiger partial charge on any atom is -0.490 e. The van der Waals surface area contributed by atoms with Gasteiger partial charge in [0.1, 0.15) is 11.5 Å². The molecule has 2 aromatic rings. The summed E-state index contributed by atoms with van der Waals surface area (Å²) < 4.78 is 20.3. The Labute approximate surface area is 181 Å². The van der Waals surface area contributed by atoms with Crippen LogP contribution in [0.1, 0.15) is 28.8 Å². The van der Waals surface area contributed by atoms with Crippen LogP contribution < -0.4 is 14.8 Å². The van der Waals surface area contributed by atoms with E-state index in [1.165, 1.54) is 44.6 Å². The fourth-order valence-electron chi connectivity index (χ4n) is 3.01. The molecule has 32 heavy (non-hydrogen) atoms. The highest BCUT2D eigenvalue weighted by molar-refractivity contribution is 6.13. The smallest absolute Gasteiger partial charge is 0.373 e. The summed E-state index contributed by atoms with van der Waals surface area (Å²) in [5, 5.41) is 13.8. The molecular weight excluding hydrogens is 426 g/mol. The zero-order chi connectivity index (χ0) is 23.4. The van der Waals surface area contributed by atoms with Gasteiger partial charge in [-0.3, -0.25) is 19.8 Å². The largest absolute Gasteiger partial charge is 0.490 e. The van der Waals surface area contributed by atoms with Gasteiger partial charge in [0, 0.05) is 6.07 Å². The molecule has 12 heteroatoms. The van der Waals surface area contributed by atoms with Crippen LogP contribution in [0.5, 0.6) is 11.5 Å². The van der Waals surface area contributed by atoms with Gasteiger partial charge in [-0.25, -0.2) is 9.59 Å². The molecule has 1 aromatic carbocycles. The van der Waals surface area contributed by atoms with Gasteiger partial charge < -0.3 is 23.9 Å². The molecular formula is C20H19N3O9. The van der Waals surface area contributed by atoms with Crippen molar-refractivity contribution in [1.82, 2.24) is 10.2 Å². The molecule has 168 valence electrons. The highest BCUT2D eigenvalue weighted by atomic mass is 16.6. The third-order valence-electron chi connectivity index (χ3n) is 4.39. The van der Waals surface area contributed by atoms with Crippen molar-refractivity contribution in [1.29, 1.82) is 0 Å². The molecule has 3 rings (SSSR count). The average Bonchev–Trinajstić information content (AvgIpc) is 3.33. The van der Waals surface area contributed by atoms with Crippen LogP contribution in [-0.4, -0.2) is 48.6 Å². The van der Waals surface area contributed by atoms with Gasteiger partial charge in [0.25, 0.3) is 5.91 Å². The number of urea groups is 1. The lowest BCUT2D eigenvalue weighted by Gasteiger charge is -2.11. The maximum atomic E-state index is 12.7. The fourth-order valence-corrected chi connectivity index (χ4v) is 3.01. The number of nitrogens with one attached hydrogen (secondary N) is 1. The Morgan fingerprint density at radius 1 is 1.28 bits per heavy atom. The number of hydrogen-bond acceptors (Lipinski definition) is 9. The van der Waals surface area contributed by atoms with E-state index in [9.17, 15) is 24.5 Å². The number of rotatable bonds is 8. The number of benzene rings is 1. The fraction of sp³-hybridized carbons (Fsp3) is 0.250. The van der Waals surface area contributed by atoms with E-state index in [0.717, 1.165) is 4.90 Å². The molecule has 0 atom stereocenters. The molecule has 1 saturated heterocycles. The molecule has 0 radical (unpaired) electrons. The molecule has 1 aliphatic rings. The Balaban J connectivity index is 1.89. The number of nitro groups is 1. The lowest BCUT2D eigenvalue weighted by Crippen LogP contribution is -2.30. The third-order valence-corrected chi connectivity index (χ3v) is 4.39. The molecule has 0 aliphatic carbocycles. The Kier molecular flexibility index (Phi) is 6.42. The summed E-state index contributed by atoms with van der Waals surface area (Å²) in [4.78, 5) is 48.2. The maximum absolute atomic E-state index is 12.7.